The lowest BCUT2D eigenvalue weighted by molar-refractivity contribution is -0.152. The zero-order valence-electron chi connectivity index (χ0n) is 23.4. The van der Waals surface area contributed by atoms with Crippen molar-refractivity contribution in [2.45, 2.75) is 65.2 Å². The number of hydrogen-bond donors (Lipinski definition) is 1. The van der Waals surface area contributed by atoms with Crippen LogP contribution < -0.4 is 0 Å². The molecule has 14 heteroatoms. The van der Waals surface area contributed by atoms with E-state index in [0.29, 0.717) is 22.0 Å². The Bertz CT molecular complexity index is 1540. The molecule has 0 spiro atoms. The number of aromatic nitrogens is 3. The molecule has 4 rings (SSSR count). The van der Waals surface area contributed by atoms with Crippen molar-refractivity contribution in [3.63, 3.8) is 0 Å². The fourth-order valence-corrected chi connectivity index (χ4v) is 5.84. The maximum Gasteiger partial charge on any atom is 0.433 e. The van der Waals surface area contributed by atoms with Crippen molar-refractivity contribution in [2.24, 2.45) is 5.41 Å². The van der Waals surface area contributed by atoms with Crippen molar-refractivity contribution in [1.29, 1.82) is 0 Å². The third kappa shape index (κ3) is 6.87. The maximum atomic E-state index is 14.5. The van der Waals surface area contributed by atoms with Gasteiger partial charge in [0.15, 0.2) is 11.5 Å². The van der Waals surface area contributed by atoms with E-state index in [0.717, 1.165) is 23.2 Å². The Balaban J connectivity index is 1.74. The molecule has 0 radical (unpaired) electrons. The Morgan fingerprint density at radius 3 is 2.23 bits per heavy atom. The van der Waals surface area contributed by atoms with Gasteiger partial charge in [-0.25, -0.2) is 13.8 Å². The third-order valence-corrected chi connectivity index (χ3v) is 7.99. The molecule has 1 aliphatic rings. The number of pyridine rings is 1. The second-order valence-electron chi connectivity index (χ2n) is 11.1. The van der Waals surface area contributed by atoms with Gasteiger partial charge in [-0.3, -0.25) is 19.1 Å². The van der Waals surface area contributed by atoms with Crippen molar-refractivity contribution >= 4 is 29.3 Å². The number of carboxylic acids is 1. The average Bonchev–Trinajstić information content (AvgIpc) is 3.33. The summed E-state index contributed by atoms with van der Waals surface area (Å²) in [6.07, 6.45) is -3.97. The number of ketones is 1. The first-order chi connectivity index (χ1) is 20.0. The molecular weight excluding hydrogens is 599 g/mol. The van der Waals surface area contributed by atoms with E-state index in [1.165, 1.54) is 6.92 Å². The highest BCUT2D eigenvalue weighted by Crippen LogP contribution is 2.43. The van der Waals surface area contributed by atoms with Crippen LogP contribution in [0.2, 0.25) is 5.15 Å². The summed E-state index contributed by atoms with van der Waals surface area (Å²) in [6, 6.07) is 3.12. The normalized spacial score (nSPS) is 18.9. The minimum Gasteiger partial charge on any atom is -0.481 e. The Kier molecular flexibility index (Phi) is 8.96. The van der Waals surface area contributed by atoms with Gasteiger partial charge in [-0.15, -0.1) is 0 Å². The van der Waals surface area contributed by atoms with Crippen molar-refractivity contribution in [3.05, 3.63) is 80.9 Å². The average molecular weight is 627 g/mol. The molecule has 230 valence electrons. The van der Waals surface area contributed by atoms with Crippen LogP contribution in [0.15, 0.2) is 30.5 Å². The number of carbonyl (C=O) groups is 3. The van der Waals surface area contributed by atoms with Gasteiger partial charge in [0.05, 0.1) is 35.3 Å². The van der Waals surface area contributed by atoms with E-state index in [2.05, 4.69) is 10.1 Å². The molecular formula is C29H28ClF5N4O4. The van der Waals surface area contributed by atoms with Gasteiger partial charge in [-0.1, -0.05) is 11.6 Å². The summed E-state index contributed by atoms with van der Waals surface area (Å²) in [6.45, 7) is 3.35. The molecule has 2 aromatic heterocycles. The van der Waals surface area contributed by atoms with Gasteiger partial charge in [0.2, 0.25) is 0 Å². The molecule has 1 saturated carbocycles. The van der Waals surface area contributed by atoms with E-state index < -0.39 is 71.3 Å². The fraction of sp³-hybridized carbons (Fsp3) is 0.414. The molecule has 1 N–H and O–H groups in total. The number of aryl methyl sites for hydroxylation is 2. The summed E-state index contributed by atoms with van der Waals surface area (Å²) in [7, 11) is 0. The molecule has 0 aliphatic heterocycles. The highest BCUT2D eigenvalue weighted by molar-refractivity contribution is 6.33. The number of alkyl halides is 3. The minimum absolute atomic E-state index is 0.0501. The van der Waals surface area contributed by atoms with Gasteiger partial charge < -0.3 is 10.0 Å². The zero-order valence-corrected chi connectivity index (χ0v) is 24.2. The SMILES string of the molecule is Cc1cc(C)c(C(=O)CN(Cc2cc(F)cc(F)c2)C(=O)c2cnn([C@H]3CC[C@](C)(C(=O)O)CC3)c2C(F)(F)F)c(Cl)n1. The lowest BCUT2D eigenvalue weighted by atomic mass is 9.74. The summed E-state index contributed by atoms with van der Waals surface area (Å²) in [4.78, 5) is 43.5. The number of Topliss-reactive ketones (excluding diaryl/α,β-unsaturated/α-hetero) is 1. The Morgan fingerprint density at radius 2 is 1.70 bits per heavy atom. The fourth-order valence-electron chi connectivity index (χ4n) is 5.45. The molecule has 0 bridgehead atoms. The van der Waals surface area contributed by atoms with Crippen LogP contribution in [0.3, 0.4) is 0 Å². The topological polar surface area (TPSA) is 105 Å². The number of rotatable bonds is 8. The molecule has 1 amide bonds. The molecule has 0 unspecified atom stereocenters. The molecule has 0 atom stereocenters. The monoisotopic (exact) mass is 626 g/mol. The molecule has 2 heterocycles. The summed E-state index contributed by atoms with van der Waals surface area (Å²) in [5.41, 5.74) is -2.56. The third-order valence-electron chi connectivity index (χ3n) is 7.71. The van der Waals surface area contributed by atoms with Gasteiger partial charge in [0.25, 0.3) is 5.91 Å². The van der Waals surface area contributed by atoms with Crippen molar-refractivity contribution in [3.8, 4) is 0 Å². The Hall–Kier alpha value is -3.87. The number of amides is 1. The van der Waals surface area contributed by atoms with E-state index >= 15 is 0 Å². The first kappa shape index (κ1) is 32.1. The van der Waals surface area contributed by atoms with Crippen LogP contribution in [0, 0.1) is 30.9 Å². The molecule has 1 aliphatic carbocycles. The maximum absolute atomic E-state index is 14.5. The number of benzene rings is 1. The van der Waals surface area contributed by atoms with Gasteiger partial charge in [-0.05, 0) is 75.8 Å². The summed E-state index contributed by atoms with van der Waals surface area (Å²) >= 11 is 6.19. The van der Waals surface area contributed by atoms with Crippen molar-refractivity contribution in [1.82, 2.24) is 19.7 Å². The Morgan fingerprint density at radius 1 is 1.09 bits per heavy atom. The standard InChI is InChI=1S/C29H28ClF5N4O4/c1-15-8-16(2)37-25(30)23(15)22(40)14-38(13-17-9-18(31)11-19(32)10-17)26(41)21-12-36-39(24(21)29(33,34)35)20-4-6-28(3,7-5-20)27(42)43/h8-12,20H,4-7,13-14H2,1-3H3,(H,42,43)/t20-,28-. The van der Waals surface area contributed by atoms with Gasteiger partial charge in [0, 0.05) is 18.3 Å². The smallest absolute Gasteiger partial charge is 0.433 e. The summed E-state index contributed by atoms with van der Waals surface area (Å²) in [5.74, 6) is -5.01. The van der Waals surface area contributed by atoms with E-state index in [4.69, 9.17) is 11.6 Å². The molecule has 8 nitrogen and oxygen atoms in total. The molecule has 0 saturated heterocycles. The lowest BCUT2D eigenvalue weighted by Gasteiger charge is -2.34. The Labute approximate surface area is 248 Å². The second kappa shape index (κ2) is 12.0. The van der Waals surface area contributed by atoms with E-state index in [-0.39, 0.29) is 42.0 Å². The quantitative estimate of drug-likeness (QED) is 0.172. The van der Waals surface area contributed by atoms with Crippen LogP contribution in [0.25, 0.3) is 0 Å². The predicted molar refractivity (Wildman–Crippen MR) is 145 cm³/mol. The largest absolute Gasteiger partial charge is 0.481 e. The van der Waals surface area contributed by atoms with Crippen LogP contribution >= 0.6 is 11.6 Å². The highest BCUT2D eigenvalue weighted by Gasteiger charge is 2.45. The van der Waals surface area contributed by atoms with Crippen molar-refractivity contribution < 1.29 is 41.4 Å². The molecule has 1 aromatic carbocycles. The van der Waals surface area contributed by atoms with E-state index in [9.17, 15) is 41.4 Å². The predicted octanol–water partition coefficient (Wildman–Crippen LogP) is 6.58. The number of hydrogen-bond acceptors (Lipinski definition) is 5. The summed E-state index contributed by atoms with van der Waals surface area (Å²) < 4.78 is 72.1. The highest BCUT2D eigenvalue weighted by atomic mass is 35.5. The first-order valence-corrected chi connectivity index (χ1v) is 13.7. The number of nitrogens with zero attached hydrogens (tertiary/aromatic N) is 4. The van der Waals surface area contributed by atoms with Crippen LogP contribution in [0.5, 0.6) is 0 Å². The van der Waals surface area contributed by atoms with E-state index in [1.54, 1.807) is 19.9 Å². The number of halogens is 6. The van der Waals surface area contributed by atoms with Crippen LogP contribution in [-0.4, -0.2) is 49.0 Å². The molecule has 43 heavy (non-hydrogen) atoms. The number of carboxylic acid groups (broad SMARTS) is 1. The van der Waals surface area contributed by atoms with Crippen LogP contribution in [0.1, 0.15) is 81.9 Å². The molecule has 1 fully saturated rings. The molecule has 3 aromatic rings. The van der Waals surface area contributed by atoms with Gasteiger partial charge >= 0.3 is 12.1 Å². The summed E-state index contributed by atoms with van der Waals surface area (Å²) in [5, 5.41) is 13.2. The van der Waals surface area contributed by atoms with E-state index in [1.807, 2.05) is 0 Å². The minimum atomic E-state index is -5.06. The first-order valence-electron chi connectivity index (χ1n) is 13.3. The second-order valence-corrected chi connectivity index (χ2v) is 11.4. The van der Waals surface area contributed by atoms with Crippen molar-refractivity contribution in [2.75, 3.05) is 6.54 Å². The van der Waals surface area contributed by atoms with Crippen LogP contribution in [-0.2, 0) is 17.5 Å². The number of carbonyl (C=O) groups excluding carboxylic acids is 2. The lowest BCUT2D eigenvalue weighted by Crippen LogP contribution is -2.37. The zero-order chi connectivity index (χ0) is 31.9. The van der Waals surface area contributed by atoms with Gasteiger partial charge in [-0.2, -0.15) is 18.3 Å². The number of aliphatic carboxylic acids is 1. The van der Waals surface area contributed by atoms with Crippen LogP contribution in [0.4, 0.5) is 22.0 Å². The van der Waals surface area contributed by atoms with Gasteiger partial charge in [0.1, 0.15) is 16.8 Å².